The normalized spacial score (nSPS) is 21.6. The van der Waals surface area contributed by atoms with Crippen LogP contribution in [0.4, 0.5) is 0 Å². The van der Waals surface area contributed by atoms with Crippen molar-refractivity contribution in [2.45, 2.75) is 71.1 Å². The molecule has 1 aliphatic heterocycles. The molecule has 3 nitrogen and oxygen atoms in total. The summed E-state index contributed by atoms with van der Waals surface area (Å²) in [4.78, 5) is 6.01. The summed E-state index contributed by atoms with van der Waals surface area (Å²) in [5.41, 5.74) is 1.04. The molecule has 1 fully saturated rings. The number of unbranched alkanes of at least 4 members (excludes halogenated alkanes) is 9. The molecule has 1 saturated heterocycles. The van der Waals surface area contributed by atoms with Crippen LogP contribution in [0.2, 0.25) is 0 Å². The predicted molar refractivity (Wildman–Crippen MR) is 88.8 cm³/mol. The van der Waals surface area contributed by atoms with Crippen LogP contribution in [0.5, 0.6) is 0 Å². The summed E-state index contributed by atoms with van der Waals surface area (Å²) in [5.74, 6) is 0. The topological polar surface area (TPSA) is 18.5 Å². The fourth-order valence-electron chi connectivity index (χ4n) is 2.73. The number of hydrogen-bond donors (Lipinski definition) is 0. The lowest BCUT2D eigenvalue weighted by molar-refractivity contribution is -1.07. The number of likely N-dealkylation sites (N-methyl/N-ethyl adjacent to an activating group) is 1. The van der Waals surface area contributed by atoms with E-state index in [2.05, 4.69) is 20.6 Å². The largest absolute Gasteiger partial charge is 1.00 e. The third kappa shape index (κ3) is 9.14. The fraction of sp³-hybridized carbons (Fsp3) is 0.889. The minimum absolute atomic E-state index is 0. The third-order valence-electron chi connectivity index (χ3n) is 4.47. The Balaban J connectivity index is 0.00000441. The molecule has 0 aromatic rings. The van der Waals surface area contributed by atoms with E-state index in [1.54, 1.807) is 0 Å². The van der Waals surface area contributed by atoms with Gasteiger partial charge in [-0.3, -0.25) is 0 Å². The standard InChI is InChI=1S/C18H36NO2.ClH/c1-4-5-6-7-8-9-10-11-12-13-15-21-19(3)14-16-20-17-18(19)2;/h2,4-17H2,1,3H3;1H/q+1;/p-1. The molecule has 132 valence electrons. The van der Waals surface area contributed by atoms with Gasteiger partial charge >= 0.3 is 0 Å². The first kappa shape index (κ1) is 21.9. The maximum absolute atomic E-state index is 6.01. The third-order valence-corrected chi connectivity index (χ3v) is 4.47. The van der Waals surface area contributed by atoms with E-state index < -0.39 is 0 Å². The summed E-state index contributed by atoms with van der Waals surface area (Å²) in [5, 5.41) is 0. The smallest absolute Gasteiger partial charge is 0.160 e. The van der Waals surface area contributed by atoms with E-state index in [0.717, 1.165) is 31.9 Å². The summed E-state index contributed by atoms with van der Waals surface area (Å²) >= 11 is 0. The highest BCUT2D eigenvalue weighted by molar-refractivity contribution is 4.83. The Hall–Kier alpha value is -0.0900. The van der Waals surface area contributed by atoms with Crippen LogP contribution in [0, 0.1) is 0 Å². The van der Waals surface area contributed by atoms with Crippen LogP contribution >= 0.6 is 0 Å². The number of quaternary nitrogens is 1. The molecule has 1 unspecified atom stereocenters. The van der Waals surface area contributed by atoms with Crippen LogP contribution in [0.15, 0.2) is 12.3 Å². The highest BCUT2D eigenvalue weighted by atomic mass is 35.5. The molecule has 0 aromatic heterocycles. The van der Waals surface area contributed by atoms with E-state index in [0.29, 0.717) is 11.3 Å². The molecular formula is C18H36ClNO2. The minimum Gasteiger partial charge on any atom is -1.00 e. The van der Waals surface area contributed by atoms with Crippen molar-refractivity contribution in [3.63, 3.8) is 0 Å². The minimum atomic E-state index is 0. The molecule has 22 heavy (non-hydrogen) atoms. The molecule has 1 aliphatic rings. The molecule has 0 aromatic carbocycles. The van der Waals surface area contributed by atoms with Gasteiger partial charge in [0.15, 0.2) is 5.70 Å². The molecule has 0 amide bonds. The second-order valence-electron chi connectivity index (χ2n) is 6.46. The Kier molecular flexibility index (Phi) is 13.3. The number of hydroxylamine groups is 3. The first-order chi connectivity index (χ1) is 10.2. The van der Waals surface area contributed by atoms with Gasteiger partial charge < -0.3 is 17.1 Å². The summed E-state index contributed by atoms with van der Waals surface area (Å²) in [6.45, 7) is 9.46. The van der Waals surface area contributed by atoms with Crippen molar-refractivity contribution in [2.75, 3.05) is 33.4 Å². The molecule has 0 spiro atoms. The number of morpholine rings is 1. The van der Waals surface area contributed by atoms with Crippen molar-refractivity contribution in [2.24, 2.45) is 0 Å². The molecule has 0 aliphatic carbocycles. The Labute approximate surface area is 144 Å². The second kappa shape index (κ2) is 13.4. The first-order valence-corrected chi connectivity index (χ1v) is 8.95. The number of hydrogen-bond acceptors (Lipinski definition) is 2. The first-order valence-electron chi connectivity index (χ1n) is 8.95. The quantitative estimate of drug-likeness (QED) is 0.401. The molecule has 0 saturated carbocycles. The van der Waals surface area contributed by atoms with Crippen LogP contribution in [0.25, 0.3) is 0 Å². The molecule has 4 heteroatoms. The Morgan fingerprint density at radius 3 is 2.09 bits per heavy atom. The van der Waals surface area contributed by atoms with Crippen LogP contribution < -0.4 is 12.4 Å². The number of halogens is 1. The van der Waals surface area contributed by atoms with Gasteiger partial charge in [0.05, 0.1) is 6.61 Å². The van der Waals surface area contributed by atoms with E-state index in [9.17, 15) is 0 Å². The zero-order valence-corrected chi connectivity index (χ0v) is 15.5. The average molecular weight is 334 g/mol. The van der Waals surface area contributed by atoms with Gasteiger partial charge in [-0.15, -0.1) is 0 Å². The van der Waals surface area contributed by atoms with E-state index in [4.69, 9.17) is 9.57 Å². The second-order valence-corrected chi connectivity index (χ2v) is 6.46. The van der Waals surface area contributed by atoms with Crippen molar-refractivity contribution in [3.05, 3.63) is 12.3 Å². The van der Waals surface area contributed by atoms with Crippen molar-refractivity contribution in [3.8, 4) is 0 Å². The predicted octanol–water partition coefficient (Wildman–Crippen LogP) is 1.83. The molecule has 1 atom stereocenters. The Bertz CT molecular complexity index is 286. The zero-order chi connectivity index (χ0) is 15.4. The monoisotopic (exact) mass is 333 g/mol. The zero-order valence-electron chi connectivity index (χ0n) is 14.7. The van der Waals surface area contributed by atoms with Gasteiger partial charge in [0.25, 0.3) is 0 Å². The lowest BCUT2D eigenvalue weighted by Crippen LogP contribution is -3.00. The van der Waals surface area contributed by atoms with Crippen LogP contribution in [0.1, 0.15) is 71.1 Å². The van der Waals surface area contributed by atoms with Gasteiger partial charge in [-0.25, -0.2) is 0 Å². The van der Waals surface area contributed by atoms with Crippen molar-refractivity contribution in [1.82, 2.24) is 0 Å². The number of rotatable bonds is 12. The van der Waals surface area contributed by atoms with Gasteiger partial charge in [-0.1, -0.05) is 64.7 Å². The van der Waals surface area contributed by atoms with E-state index in [-0.39, 0.29) is 12.4 Å². The average Bonchev–Trinajstić information content (AvgIpc) is 2.48. The van der Waals surface area contributed by atoms with Gasteiger partial charge in [-0.2, -0.15) is 9.48 Å². The molecular weight excluding hydrogens is 298 g/mol. The molecule has 1 heterocycles. The van der Waals surface area contributed by atoms with E-state index in [1.165, 1.54) is 57.8 Å². The molecule has 0 bridgehead atoms. The van der Waals surface area contributed by atoms with Gasteiger partial charge in [0, 0.05) is 0 Å². The maximum atomic E-state index is 6.01. The fourth-order valence-corrected chi connectivity index (χ4v) is 2.73. The SMILES string of the molecule is C=C1COCC[N+]1(C)OCCCCCCCCCCCC.[Cl-]. The highest BCUT2D eigenvalue weighted by Crippen LogP contribution is 2.19. The molecule has 0 N–H and O–H groups in total. The lowest BCUT2D eigenvalue weighted by atomic mass is 10.1. The Morgan fingerprint density at radius 2 is 1.55 bits per heavy atom. The highest BCUT2D eigenvalue weighted by Gasteiger charge is 2.32. The van der Waals surface area contributed by atoms with Crippen molar-refractivity contribution >= 4 is 0 Å². The summed E-state index contributed by atoms with van der Waals surface area (Å²) < 4.78 is 5.93. The molecule has 1 rings (SSSR count). The van der Waals surface area contributed by atoms with Crippen molar-refractivity contribution in [1.29, 1.82) is 0 Å². The number of ether oxygens (including phenoxy) is 1. The maximum Gasteiger partial charge on any atom is 0.160 e. The Morgan fingerprint density at radius 1 is 1.00 bits per heavy atom. The van der Waals surface area contributed by atoms with Gasteiger partial charge in [-0.05, 0) is 13.0 Å². The van der Waals surface area contributed by atoms with Gasteiger partial charge in [0.1, 0.15) is 26.8 Å². The summed E-state index contributed by atoms with van der Waals surface area (Å²) in [6.07, 6.45) is 13.6. The van der Waals surface area contributed by atoms with E-state index >= 15 is 0 Å². The summed E-state index contributed by atoms with van der Waals surface area (Å²) in [7, 11) is 2.10. The van der Waals surface area contributed by atoms with Gasteiger partial charge in [0.2, 0.25) is 0 Å². The van der Waals surface area contributed by atoms with Crippen LogP contribution in [-0.2, 0) is 9.57 Å². The number of nitrogens with zero attached hydrogens (tertiary/aromatic N) is 1. The van der Waals surface area contributed by atoms with Crippen molar-refractivity contribution < 1.29 is 26.6 Å². The van der Waals surface area contributed by atoms with E-state index in [1.807, 2.05) is 0 Å². The van der Waals surface area contributed by atoms with Crippen LogP contribution in [0.3, 0.4) is 0 Å². The summed E-state index contributed by atoms with van der Waals surface area (Å²) in [6, 6.07) is 0. The molecule has 0 radical (unpaired) electrons. The lowest BCUT2D eigenvalue weighted by Gasteiger charge is -2.35. The van der Waals surface area contributed by atoms with Crippen LogP contribution in [-0.4, -0.2) is 38.1 Å².